The van der Waals surface area contributed by atoms with E-state index in [-0.39, 0.29) is 11.8 Å². The number of para-hydroxylation sites is 2. The highest BCUT2D eigenvalue weighted by Crippen LogP contribution is 2.22. The van der Waals surface area contributed by atoms with Crippen molar-refractivity contribution >= 4 is 33.7 Å². The molecule has 0 radical (unpaired) electrons. The fourth-order valence-corrected chi connectivity index (χ4v) is 3.64. The second kappa shape index (κ2) is 7.94. The molecule has 0 fully saturated rings. The van der Waals surface area contributed by atoms with Gasteiger partial charge in [0.25, 0.3) is 5.56 Å². The number of carboxylic acids is 1. The van der Waals surface area contributed by atoms with Gasteiger partial charge in [-0.05, 0) is 30.7 Å². The third-order valence-corrected chi connectivity index (χ3v) is 5.25. The maximum atomic E-state index is 13.1. The minimum absolute atomic E-state index is 0.00303. The number of aromatic nitrogens is 3. The number of carbonyl (C=O) groups excluding carboxylic acids is 2. The van der Waals surface area contributed by atoms with Gasteiger partial charge in [-0.15, -0.1) is 0 Å². The number of aliphatic carboxylic acids is 1. The van der Waals surface area contributed by atoms with Crippen molar-refractivity contribution in [3.63, 3.8) is 0 Å². The average molecular weight is 419 g/mol. The molecule has 0 saturated heterocycles. The Morgan fingerprint density at radius 1 is 1.03 bits per heavy atom. The Bertz CT molecular complexity index is 1410. The van der Waals surface area contributed by atoms with Gasteiger partial charge in [-0.3, -0.25) is 9.59 Å². The number of H-pyrrole nitrogens is 2. The normalized spacial score (nSPS) is 13.2. The Morgan fingerprint density at radius 2 is 1.68 bits per heavy atom. The van der Waals surface area contributed by atoms with Crippen LogP contribution in [0.15, 0.2) is 64.3 Å². The van der Waals surface area contributed by atoms with Crippen LogP contribution >= 0.6 is 0 Å². The first-order chi connectivity index (χ1) is 14.9. The second-order valence-corrected chi connectivity index (χ2v) is 7.28. The highest BCUT2D eigenvalue weighted by molar-refractivity contribution is 5.88. The summed E-state index contributed by atoms with van der Waals surface area (Å²) < 4.78 is 0.835. The van der Waals surface area contributed by atoms with Crippen LogP contribution < -0.4 is 21.7 Å². The Hall–Kier alpha value is -4.14. The van der Waals surface area contributed by atoms with Gasteiger partial charge in [0.15, 0.2) is 0 Å². The highest BCUT2D eigenvalue weighted by Gasteiger charge is 2.27. The van der Waals surface area contributed by atoms with E-state index in [0.717, 1.165) is 15.5 Å². The van der Waals surface area contributed by atoms with Gasteiger partial charge < -0.3 is 25.2 Å². The topological polar surface area (TPSA) is 140 Å². The van der Waals surface area contributed by atoms with Crippen molar-refractivity contribution in [1.82, 2.24) is 19.9 Å². The number of rotatable bonds is 6. The molecule has 2 atom stereocenters. The minimum Gasteiger partial charge on any atom is -0.548 e. The summed E-state index contributed by atoms with van der Waals surface area (Å²) in [5, 5.41) is 14.5. The van der Waals surface area contributed by atoms with Gasteiger partial charge in [0.05, 0.1) is 22.9 Å². The first kappa shape index (κ1) is 20.1. The van der Waals surface area contributed by atoms with Gasteiger partial charge in [-0.2, -0.15) is 0 Å². The smallest absolute Gasteiger partial charge is 0.329 e. The van der Waals surface area contributed by atoms with E-state index in [1.807, 2.05) is 24.3 Å². The van der Waals surface area contributed by atoms with E-state index in [0.29, 0.717) is 11.1 Å². The maximum absolute atomic E-state index is 13.1. The molecule has 9 heteroatoms. The summed E-state index contributed by atoms with van der Waals surface area (Å²) in [6, 6.07) is 11.3. The van der Waals surface area contributed by atoms with Crippen LogP contribution in [0.3, 0.4) is 0 Å². The summed E-state index contributed by atoms with van der Waals surface area (Å²) in [6.07, 6.45) is 1.70. The van der Waals surface area contributed by atoms with Gasteiger partial charge in [-0.1, -0.05) is 30.3 Å². The van der Waals surface area contributed by atoms with Crippen molar-refractivity contribution in [1.29, 1.82) is 0 Å². The SMILES string of the molecule is C[C@H](NC(=O)[C@@H](Cc1c[nH]c2ccccc12)n1c(=O)[nH]c2ccccc2c1=O)C(=O)[O-]. The quantitative estimate of drug-likeness (QED) is 0.410. The number of nitrogens with one attached hydrogen (secondary N) is 3. The molecule has 2 aromatic heterocycles. The lowest BCUT2D eigenvalue weighted by atomic mass is 10.0. The molecule has 2 aromatic carbocycles. The van der Waals surface area contributed by atoms with E-state index in [4.69, 9.17) is 0 Å². The van der Waals surface area contributed by atoms with Crippen molar-refractivity contribution in [2.24, 2.45) is 0 Å². The fraction of sp³-hybridized carbons (Fsp3) is 0.182. The molecule has 1 amide bonds. The molecule has 0 aliphatic heterocycles. The Kier molecular flexibility index (Phi) is 5.16. The lowest BCUT2D eigenvalue weighted by Gasteiger charge is -2.22. The van der Waals surface area contributed by atoms with E-state index >= 15 is 0 Å². The van der Waals surface area contributed by atoms with Gasteiger partial charge in [-0.25, -0.2) is 9.36 Å². The second-order valence-electron chi connectivity index (χ2n) is 7.28. The monoisotopic (exact) mass is 419 g/mol. The number of hydrogen-bond acceptors (Lipinski definition) is 5. The first-order valence-electron chi connectivity index (χ1n) is 9.66. The summed E-state index contributed by atoms with van der Waals surface area (Å²) >= 11 is 0. The molecule has 31 heavy (non-hydrogen) atoms. The van der Waals surface area contributed by atoms with E-state index in [2.05, 4.69) is 15.3 Å². The maximum Gasteiger partial charge on any atom is 0.329 e. The Morgan fingerprint density at radius 3 is 2.39 bits per heavy atom. The van der Waals surface area contributed by atoms with Crippen LogP contribution in [-0.2, 0) is 16.0 Å². The number of benzene rings is 2. The molecule has 4 aromatic rings. The summed E-state index contributed by atoms with van der Waals surface area (Å²) in [4.78, 5) is 55.8. The van der Waals surface area contributed by atoms with E-state index < -0.39 is 35.2 Å². The molecule has 4 rings (SSSR count). The highest BCUT2D eigenvalue weighted by atomic mass is 16.4. The van der Waals surface area contributed by atoms with Crippen LogP contribution in [0.2, 0.25) is 0 Å². The lowest BCUT2D eigenvalue weighted by Crippen LogP contribution is -2.51. The molecule has 9 nitrogen and oxygen atoms in total. The van der Waals surface area contributed by atoms with Crippen molar-refractivity contribution in [2.45, 2.75) is 25.4 Å². The number of nitrogens with zero attached hydrogens (tertiary/aromatic N) is 1. The zero-order chi connectivity index (χ0) is 22.1. The zero-order valence-corrected chi connectivity index (χ0v) is 16.5. The average Bonchev–Trinajstić information content (AvgIpc) is 3.15. The first-order valence-corrected chi connectivity index (χ1v) is 9.66. The van der Waals surface area contributed by atoms with Crippen LogP contribution in [0.5, 0.6) is 0 Å². The minimum atomic E-state index is -1.47. The molecule has 0 aliphatic rings. The van der Waals surface area contributed by atoms with E-state index in [1.165, 1.54) is 6.92 Å². The number of carbonyl (C=O) groups is 2. The van der Waals surface area contributed by atoms with Crippen LogP contribution in [0.25, 0.3) is 21.8 Å². The zero-order valence-electron chi connectivity index (χ0n) is 16.5. The molecule has 2 heterocycles. The van der Waals surface area contributed by atoms with E-state index in [9.17, 15) is 24.3 Å². The molecule has 0 bridgehead atoms. The predicted octanol–water partition coefficient (Wildman–Crippen LogP) is 0.210. The molecule has 0 spiro atoms. The third kappa shape index (κ3) is 3.73. The molecule has 3 N–H and O–H groups in total. The number of carboxylic acid groups (broad SMARTS) is 1. The van der Waals surface area contributed by atoms with Crippen molar-refractivity contribution in [2.75, 3.05) is 0 Å². The Balaban J connectivity index is 1.86. The summed E-state index contributed by atoms with van der Waals surface area (Å²) in [5.41, 5.74) is 0.490. The number of hydrogen-bond donors (Lipinski definition) is 3. The standard InChI is InChI=1S/C22H20N4O5/c1-12(21(29)30)24-19(27)18(10-13-11-23-16-8-4-2-6-14(13)16)26-20(28)15-7-3-5-9-17(15)25-22(26)31/h2-9,11-12,18,23H,10H2,1H3,(H,24,27)(H,25,31)(H,29,30)/p-1/t12-,18+/m0/s1. The predicted molar refractivity (Wildman–Crippen MR) is 112 cm³/mol. The van der Waals surface area contributed by atoms with Crippen LogP contribution in [-0.4, -0.2) is 32.5 Å². The largest absolute Gasteiger partial charge is 0.548 e. The summed E-state index contributed by atoms with van der Waals surface area (Å²) in [6.45, 7) is 1.25. The van der Waals surface area contributed by atoms with Crippen molar-refractivity contribution < 1.29 is 14.7 Å². The number of amides is 1. The van der Waals surface area contributed by atoms with Crippen LogP contribution in [0.4, 0.5) is 0 Å². The fourth-order valence-electron chi connectivity index (χ4n) is 3.64. The third-order valence-electron chi connectivity index (χ3n) is 5.25. The molecule has 0 unspecified atom stereocenters. The van der Waals surface area contributed by atoms with E-state index in [1.54, 1.807) is 30.5 Å². The van der Waals surface area contributed by atoms with Crippen LogP contribution in [0.1, 0.15) is 18.5 Å². The lowest BCUT2D eigenvalue weighted by molar-refractivity contribution is -0.307. The molecule has 0 aliphatic carbocycles. The number of aromatic amines is 2. The summed E-state index contributed by atoms with van der Waals surface area (Å²) in [7, 11) is 0. The van der Waals surface area contributed by atoms with Gasteiger partial charge in [0, 0.05) is 23.5 Å². The van der Waals surface area contributed by atoms with Crippen LogP contribution in [0, 0.1) is 0 Å². The van der Waals surface area contributed by atoms with Gasteiger partial charge in [0.1, 0.15) is 6.04 Å². The van der Waals surface area contributed by atoms with Crippen molar-refractivity contribution in [3.8, 4) is 0 Å². The molecule has 0 saturated carbocycles. The molecule has 158 valence electrons. The molecular weight excluding hydrogens is 400 g/mol. The number of fused-ring (bicyclic) bond motifs is 2. The van der Waals surface area contributed by atoms with Crippen molar-refractivity contribution in [3.05, 3.63) is 81.1 Å². The van der Waals surface area contributed by atoms with Gasteiger partial charge >= 0.3 is 5.69 Å². The molecular formula is C22H19N4O5-. The summed E-state index contributed by atoms with van der Waals surface area (Å²) in [5.74, 6) is -2.25. The van der Waals surface area contributed by atoms with Gasteiger partial charge in [0.2, 0.25) is 5.91 Å². The Labute approximate surface area is 175 Å².